The Labute approximate surface area is 212 Å². The Morgan fingerprint density at radius 2 is 1.57 bits per heavy atom. The van der Waals surface area contributed by atoms with E-state index < -0.39 is 61.5 Å². The monoisotopic (exact) mass is 504 g/mol. The Bertz CT molecular complexity index is 939. The zero-order chi connectivity index (χ0) is 31.1. The number of ether oxygens (including phenoxy) is 2. The number of nitrogens with zero attached hydrogens (tertiary/aromatic N) is 1. The van der Waals surface area contributed by atoms with Crippen molar-refractivity contribution in [2.24, 2.45) is 0 Å². The van der Waals surface area contributed by atoms with Gasteiger partial charge in [0, 0.05) is 13.4 Å². The second kappa shape index (κ2) is 17.4. The molecule has 0 amide bonds. The first-order valence-corrected chi connectivity index (χ1v) is 10.8. The van der Waals surface area contributed by atoms with Crippen molar-refractivity contribution in [3.05, 3.63) is 35.9 Å². The minimum Gasteiger partial charge on any atom is -0.481 e. The summed E-state index contributed by atoms with van der Waals surface area (Å²) in [6.07, 6.45) is -5.04. The summed E-state index contributed by atoms with van der Waals surface area (Å²) in [5, 5.41) is 33.8. The second-order valence-electron chi connectivity index (χ2n) is 7.27. The molecule has 4 N–H and O–H groups in total. The number of carboxylic acids is 3. The van der Waals surface area contributed by atoms with Crippen molar-refractivity contribution < 1.29 is 55.9 Å². The predicted molar refractivity (Wildman–Crippen MR) is 126 cm³/mol. The van der Waals surface area contributed by atoms with Crippen LogP contribution in [0.3, 0.4) is 0 Å². The molecule has 0 saturated carbocycles. The quantitative estimate of drug-likeness (QED) is 0.191. The Morgan fingerprint density at radius 1 is 1.00 bits per heavy atom. The van der Waals surface area contributed by atoms with E-state index in [1.165, 1.54) is 12.1 Å². The van der Waals surface area contributed by atoms with E-state index in [-0.39, 0.29) is 18.8 Å². The molecule has 1 rings (SSSR count). The van der Waals surface area contributed by atoms with Crippen molar-refractivity contribution in [2.45, 2.75) is 51.4 Å². The number of carbonyl (C=O) groups excluding carboxylic acids is 1. The van der Waals surface area contributed by atoms with Crippen molar-refractivity contribution in [3.63, 3.8) is 0 Å². The topological polar surface area (TPSA) is 171 Å². The molecule has 0 heterocycles. The molecular formula is C24H37NO10. The van der Waals surface area contributed by atoms with Gasteiger partial charge < -0.3 is 34.8 Å². The number of aliphatic carboxylic acids is 3. The standard InChI is InChI=1S/C18H29NO3.C6H8O7/c1-4-17(16-10-8-7-9-11-16)18(20)22-15-14-21-13-12-19(5-2)6-3;7-3(8)1-6(13,5(11)12)2-4(9)10/h7-11,17H,4-6,12-15H2,1-3H3;13H,1-2H2,(H,7,8)(H,9,10)(H,11,12)/i1D3,4D2;. The van der Waals surface area contributed by atoms with Crippen LogP contribution < -0.4 is 0 Å². The first-order valence-electron chi connectivity index (χ1n) is 13.3. The molecule has 0 spiro atoms. The minimum atomic E-state index is -2.97. The van der Waals surface area contributed by atoms with Crippen LogP contribution in [0.5, 0.6) is 0 Å². The third-order valence-corrected chi connectivity index (χ3v) is 4.72. The molecule has 0 fully saturated rings. The number of hydrogen-bond acceptors (Lipinski definition) is 8. The summed E-state index contributed by atoms with van der Waals surface area (Å²) in [5.41, 5.74) is -2.47. The summed E-state index contributed by atoms with van der Waals surface area (Å²) in [6, 6.07) is 8.01. The molecule has 1 unspecified atom stereocenters. The number of carboxylic acid groups (broad SMARTS) is 3. The van der Waals surface area contributed by atoms with Crippen LogP contribution in [0.25, 0.3) is 0 Å². The lowest BCUT2D eigenvalue weighted by atomic mass is 9.96. The van der Waals surface area contributed by atoms with E-state index in [4.69, 9.17) is 36.8 Å². The molecular weight excluding hydrogens is 462 g/mol. The molecule has 0 bridgehead atoms. The van der Waals surface area contributed by atoms with Crippen LogP contribution >= 0.6 is 0 Å². The minimum absolute atomic E-state index is 0.0580. The van der Waals surface area contributed by atoms with E-state index in [0.29, 0.717) is 6.61 Å². The molecule has 0 radical (unpaired) electrons. The smallest absolute Gasteiger partial charge is 0.336 e. The van der Waals surface area contributed by atoms with E-state index in [1.54, 1.807) is 18.2 Å². The van der Waals surface area contributed by atoms with Gasteiger partial charge >= 0.3 is 23.9 Å². The van der Waals surface area contributed by atoms with Gasteiger partial charge in [-0.25, -0.2) is 4.79 Å². The number of rotatable bonds is 16. The maximum atomic E-state index is 12.5. The lowest BCUT2D eigenvalue weighted by molar-refractivity contribution is -0.170. The van der Waals surface area contributed by atoms with Crippen molar-refractivity contribution in [2.75, 3.05) is 39.5 Å². The highest BCUT2D eigenvalue weighted by atomic mass is 16.6. The van der Waals surface area contributed by atoms with Crippen LogP contribution in [-0.4, -0.2) is 94.3 Å². The van der Waals surface area contributed by atoms with E-state index in [2.05, 4.69) is 18.7 Å². The summed E-state index contributed by atoms with van der Waals surface area (Å²) in [6.45, 7) is 4.40. The maximum Gasteiger partial charge on any atom is 0.336 e. The van der Waals surface area contributed by atoms with Crippen molar-refractivity contribution in [1.29, 1.82) is 0 Å². The summed E-state index contributed by atoms with van der Waals surface area (Å²) < 4.78 is 49.0. The normalized spacial score (nSPS) is 14.7. The molecule has 0 saturated heterocycles. The van der Waals surface area contributed by atoms with Gasteiger partial charge in [0.25, 0.3) is 0 Å². The average molecular weight is 505 g/mol. The fraction of sp³-hybridized carbons (Fsp3) is 0.583. The van der Waals surface area contributed by atoms with Gasteiger partial charge in [-0.3, -0.25) is 14.4 Å². The number of aliphatic hydroxyl groups is 1. The third kappa shape index (κ3) is 13.5. The molecule has 0 aromatic heterocycles. The van der Waals surface area contributed by atoms with E-state index in [0.717, 1.165) is 19.6 Å². The van der Waals surface area contributed by atoms with Gasteiger partial charge in [-0.05, 0) is 25.0 Å². The molecule has 0 aliphatic carbocycles. The van der Waals surface area contributed by atoms with E-state index in [9.17, 15) is 19.2 Å². The van der Waals surface area contributed by atoms with Crippen molar-refractivity contribution >= 4 is 23.9 Å². The molecule has 0 aliphatic heterocycles. The highest BCUT2D eigenvalue weighted by Crippen LogP contribution is 2.20. The molecule has 1 aromatic carbocycles. The lowest BCUT2D eigenvalue weighted by Crippen LogP contribution is -2.42. The van der Waals surface area contributed by atoms with Crippen LogP contribution in [0.4, 0.5) is 0 Å². The largest absolute Gasteiger partial charge is 0.481 e. The predicted octanol–water partition coefficient (Wildman–Crippen LogP) is 1.83. The summed E-state index contributed by atoms with van der Waals surface area (Å²) in [4.78, 5) is 45.2. The zero-order valence-corrected chi connectivity index (χ0v) is 19.8. The van der Waals surface area contributed by atoms with Crippen LogP contribution in [0.1, 0.15) is 58.2 Å². The zero-order valence-electron chi connectivity index (χ0n) is 24.8. The maximum absolute atomic E-state index is 12.5. The Balaban J connectivity index is 0.000000983. The number of esters is 1. The van der Waals surface area contributed by atoms with E-state index in [1.807, 2.05) is 0 Å². The molecule has 198 valence electrons. The number of carbonyl (C=O) groups is 4. The fourth-order valence-electron chi connectivity index (χ4n) is 2.76. The highest BCUT2D eigenvalue weighted by Gasteiger charge is 2.40. The van der Waals surface area contributed by atoms with Crippen LogP contribution in [0.2, 0.25) is 0 Å². The van der Waals surface area contributed by atoms with Gasteiger partial charge in [-0.15, -0.1) is 0 Å². The van der Waals surface area contributed by atoms with Gasteiger partial charge in [-0.2, -0.15) is 0 Å². The molecule has 11 heteroatoms. The van der Waals surface area contributed by atoms with Gasteiger partial charge in [0.05, 0.1) is 32.0 Å². The average Bonchev–Trinajstić information content (AvgIpc) is 2.83. The Hall–Kier alpha value is -3.02. The Morgan fingerprint density at radius 3 is 2.03 bits per heavy atom. The van der Waals surface area contributed by atoms with Gasteiger partial charge in [0.2, 0.25) is 0 Å². The summed E-state index contributed by atoms with van der Waals surface area (Å²) in [5.74, 6) is -7.47. The Kier molecular flexibility index (Phi) is 11.8. The summed E-state index contributed by atoms with van der Waals surface area (Å²) >= 11 is 0. The lowest BCUT2D eigenvalue weighted by Gasteiger charge is -2.18. The number of hydrogen-bond donors (Lipinski definition) is 4. The number of benzene rings is 1. The van der Waals surface area contributed by atoms with Gasteiger partial charge in [-0.1, -0.05) is 51.0 Å². The van der Waals surface area contributed by atoms with Crippen molar-refractivity contribution in [3.8, 4) is 0 Å². The van der Waals surface area contributed by atoms with Crippen LogP contribution in [0.15, 0.2) is 30.3 Å². The van der Waals surface area contributed by atoms with Crippen LogP contribution in [0, 0.1) is 0 Å². The molecule has 11 nitrogen and oxygen atoms in total. The molecule has 0 aliphatic rings. The van der Waals surface area contributed by atoms with Crippen LogP contribution in [-0.2, 0) is 28.7 Å². The third-order valence-electron chi connectivity index (χ3n) is 4.72. The highest BCUT2D eigenvalue weighted by molar-refractivity contribution is 5.88. The van der Waals surface area contributed by atoms with Crippen molar-refractivity contribution in [1.82, 2.24) is 4.90 Å². The van der Waals surface area contributed by atoms with Gasteiger partial charge in [0.15, 0.2) is 5.60 Å². The molecule has 35 heavy (non-hydrogen) atoms. The summed E-state index contributed by atoms with van der Waals surface area (Å²) in [7, 11) is 0. The molecule has 1 aromatic rings. The van der Waals surface area contributed by atoms with E-state index >= 15 is 0 Å². The van der Waals surface area contributed by atoms with Gasteiger partial charge in [0.1, 0.15) is 6.61 Å². The first-order chi connectivity index (χ1) is 18.4. The first kappa shape index (κ1) is 23.7. The second-order valence-corrected chi connectivity index (χ2v) is 7.27. The number of likely N-dealkylation sites (N-methyl/N-ethyl adjacent to an activating group) is 1. The SMILES string of the molecule is O=C(O)CC(O)(CC(=O)O)C(=O)O.[2H]C([2H])([2H])C([2H])([2H])C(C(=O)OCCOCCN(CC)CC)c1ccccc1. The fourth-order valence-corrected chi connectivity index (χ4v) is 2.76. The molecule has 1 atom stereocenters.